The van der Waals surface area contributed by atoms with Crippen LogP contribution in [-0.2, 0) is 43.7 Å². The van der Waals surface area contributed by atoms with Crippen molar-refractivity contribution in [2.24, 2.45) is 14.1 Å². The molecule has 0 radical (unpaired) electrons. The van der Waals surface area contributed by atoms with Crippen LogP contribution in [0.2, 0.25) is 0 Å². The van der Waals surface area contributed by atoms with E-state index in [1.165, 1.54) is 12.1 Å². The molecule has 0 aliphatic carbocycles. The molecule has 2 amide bonds. The summed E-state index contributed by atoms with van der Waals surface area (Å²) in [4.78, 5) is 51.4. The van der Waals surface area contributed by atoms with Gasteiger partial charge in [0, 0.05) is 72.5 Å². The summed E-state index contributed by atoms with van der Waals surface area (Å²) in [5.74, 6) is -1.49. The first-order valence-electron chi connectivity index (χ1n) is 15.7. The van der Waals surface area contributed by atoms with Gasteiger partial charge in [0.05, 0.1) is 27.7 Å². The van der Waals surface area contributed by atoms with Crippen molar-refractivity contribution in [3.8, 4) is 0 Å². The Morgan fingerprint density at radius 3 is 1.98 bits per heavy atom. The molecule has 2 aromatic heterocycles. The average Bonchev–Trinajstić information content (AvgIpc) is 3.70. The minimum Gasteiger partial charge on any atom is -0.350 e. The summed E-state index contributed by atoms with van der Waals surface area (Å²) in [7, 11) is -1.35. The second kappa shape index (κ2) is 13.0. The Labute approximate surface area is 286 Å². The molecule has 1 N–H and O–H groups in total. The van der Waals surface area contributed by atoms with Gasteiger partial charge in [-0.2, -0.15) is 0 Å². The van der Waals surface area contributed by atoms with Crippen molar-refractivity contribution < 1.29 is 33.0 Å². The number of hydrogen-bond donors (Lipinski definition) is 1. The Morgan fingerprint density at radius 2 is 1.34 bits per heavy atom. The van der Waals surface area contributed by atoms with Crippen LogP contribution in [-0.4, -0.2) is 42.4 Å². The number of nitro groups is 1. The van der Waals surface area contributed by atoms with Crippen LogP contribution >= 0.6 is 7.82 Å². The number of phosphoric acid groups is 1. The average molecular weight is 691 g/mol. The third-order valence-electron chi connectivity index (χ3n) is 8.83. The number of aryl methyl sites for hydroxylation is 2. The number of rotatable bonds is 11. The molecule has 1 aliphatic rings. The van der Waals surface area contributed by atoms with Gasteiger partial charge in [-0.05, 0) is 23.3 Å². The van der Waals surface area contributed by atoms with Gasteiger partial charge < -0.3 is 14.0 Å². The zero-order chi connectivity index (χ0) is 35.2. The quantitative estimate of drug-likeness (QED) is 0.0667. The second-order valence-electron chi connectivity index (χ2n) is 12.0. The highest BCUT2D eigenvalue weighted by Crippen LogP contribution is 2.50. The van der Waals surface area contributed by atoms with Gasteiger partial charge >= 0.3 is 7.82 Å². The van der Waals surface area contributed by atoms with Gasteiger partial charge in [0.25, 0.3) is 17.5 Å². The molecular formula is C37H31N4O8P. The first-order chi connectivity index (χ1) is 24.0. The van der Waals surface area contributed by atoms with Crippen molar-refractivity contribution in [2.75, 3.05) is 6.73 Å². The third-order valence-corrected chi connectivity index (χ3v) is 9.80. The van der Waals surface area contributed by atoms with Crippen LogP contribution in [0.25, 0.3) is 33.0 Å². The molecule has 0 saturated carbocycles. The number of amides is 2. The molecule has 2 atom stereocenters. The number of phosphoric ester groups is 1. The summed E-state index contributed by atoms with van der Waals surface area (Å²) in [6.45, 7) is -0.869. The first kappa shape index (κ1) is 32.9. The van der Waals surface area contributed by atoms with Gasteiger partial charge in [0.15, 0.2) is 0 Å². The van der Waals surface area contributed by atoms with Crippen LogP contribution in [0.15, 0.2) is 116 Å². The first-order valence-corrected chi connectivity index (χ1v) is 17.2. The molecule has 7 rings (SSSR count). The fourth-order valence-corrected chi connectivity index (χ4v) is 7.29. The normalized spacial score (nSPS) is 15.3. The van der Waals surface area contributed by atoms with Crippen LogP contribution < -0.4 is 0 Å². The summed E-state index contributed by atoms with van der Waals surface area (Å²) in [6, 6.07) is 29.9. The molecule has 2 unspecified atom stereocenters. The molecule has 1 aliphatic heterocycles. The minimum atomic E-state index is -4.86. The number of benzene rings is 4. The van der Waals surface area contributed by atoms with Crippen LogP contribution in [0.3, 0.4) is 0 Å². The van der Waals surface area contributed by atoms with Crippen molar-refractivity contribution in [3.05, 3.63) is 148 Å². The number of hydrogen-bond acceptors (Lipinski definition) is 7. The molecule has 4 aromatic carbocycles. The number of carbonyl (C=O) groups is 2. The standard InChI is InChI=1S/C37H31N4O8P/c1-38-21-29(27-15-9-10-16-31(27)38)34-35(30-22-39(2)32-20-26(41(44)45)17-18-28(30)32)37(43)40(36(34)42)23-48-50(46,47)49-33(25-13-7-4-8-14-25)19-24-11-5-3-6-12-24/h3-18,20-22,33H,19,23H2,1-2H3,(H,46,47). The second-order valence-corrected chi connectivity index (χ2v) is 13.4. The minimum absolute atomic E-state index is 0.0364. The van der Waals surface area contributed by atoms with E-state index in [2.05, 4.69) is 0 Å². The van der Waals surface area contributed by atoms with E-state index < -0.39 is 37.4 Å². The van der Waals surface area contributed by atoms with Crippen molar-refractivity contribution in [3.63, 3.8) is 0 Å². The molecule has 0 saturated heterocycles. The van der Waals surface area contributed by atoms with E-state index in [9.17, 15) is 29.2 Å². The van der Waals surface area contributed by atoms with E-state index in [1.54, 1.807) is 54.3 Å². The van der Waals surface area contributed by atoms with E-state index in [0.717, 1.165) is 16.0 Å². The van der Waals surface area contributed by atoms with Crippen molar-refractivity contribution in [1.29, 1.82) is 0 Å². The Morgan fingerprint density at radius 1 is 0.780 bits per heavy atom. The highest BCUT2D eigenvalue weighted by atomic mass is 31.2. The van der Waals surface area contributed by atoms with Crippen molar-refractivity contribution in [2.45, 2.75) is 12.5 Å². The van der Waals surface area contributed by atoms with E-state index in [-0.39, 0.29) is 23.3 Å². The highest BCUT2D eigenvalue weighted by Gasteiger charge is 2.43. The van der Waals surface area contributed by atoms with Crippen molar-refractivity contribution in [1.82, 2.24) is 14.0 Å². The van der Waals surface area contributed by atoms with Gasteiger partial charge in [-0.1, -0.05) is 78.9 Å². The zero-order valence-electron chi connectivity index (χ0n) is 27.0. The largest absolute Gasteiger partial charge is 0.474 e. The van der Waals surface area contributed by atoms with Crippen molar-refractivity contribution >= 4 is 58.3 Å². The molecule has 50 heavy (non-hydrogen) atoms. The van der Waals surface area contributed by atoms with E-state index in [1.807, 2.05) is 72.3 Å². The zero-order valence-corrected chi connectivity index (χ0v) is 27.9. The van der Waals surface area contributed by atoms with Gasteiger partial charge in [-0.25, -0.2) is 9.46 Å². The SMILES string of the molecule is Cn1cc(C2=C(c3cn(C)c4cc([N+](=O)[O-])ccc34)C(=O)N(COP(=O)(O)OC(Cc3ccccc3)c3ccccc3)C2=O)c2ccccc21. The molecular weight excluding hydrogens is 659 g/mol. The fraction of sp³-hybridized carbons (Fsp3) is 0.135. The Bertz CT molecular complexity index is 2380. The van der Waals surface area contributed by atoms with Gasteiger partial charge in [0.2, 0.25) is 0 Å². The van der Waals surface area contributed by atoms with Gasteiger partial charge in [-0.15, -0.1) is 0 Å². The predicted molar refractivity (Wildman–Crippen MR) is 187 cm³/mol. The lowest BCUT2D eigenvalue weighted by molar-refractivity contribution is -0.384. The molecule has 0 fully saturated rings. The van der Waals surface area contributed by atoms with Crippen LogP contribution in [0.1, 0.15) is 28.4 Å². The molecule has 3 heterocycles. The number of nitrogens with zero attached hydrogens (tertiary/aromatic N) is 4. The summed E-state index contributed by atoms with van der Waals surface area (Å²) in [6.07, 6.45) is 2.77. The molecule has 0 spiro atoms. The number of non-ortho nitro benzene ring substituents is 1. The number of carbonyl (C=O) groups excluding carboxylic acids is 2. The van der Waals surface area contributed by atoms with Gasteiger partial charge in [-0.3, -0.25) is 28.8 Å². The maximum atomic E-state index is 14.3. The summed E-state index contributed by atoms with van der Waals surface area (Å²) < 4.78 is 28.1. The topological polar surface area (TPSA) is 146 Å². The monoisotopic (exact) mass is 690 g/mol. The smallest absolute Gasteiger partial charge is 0.350 e. The maximum absolute atomic E-state index is 14.3. The lowest BCUT2D eigenvalue weighted by atomic mass is 9.95. The number of para-hydroxylation sites is 1. The summed E-state index contributed by atoms with van der Waals surface area (Å²) in [5, 5.41) is 12.7. The van der Waals surface area contributed by atoms with E-state index >= 15 is 0 Å². The lowest BCUT2D eigenvalue weighted by Crippen LogP contribution is -2.33. The maximum Gasteiger partial charge on any atom is 0.474 e. The van der Waals surface area contributed by atoms with Gasteiger partial charge in [0.1, 0.15) is 6.73 Å². The number of nitro benzene ring substituents is 1. The highest BCUT2D eigenvalue weighted by molar-refractivity contribution is 7.47. The Kier molecular flexibility index (Phi) is 8.54. The molecule has 12 nitrogen and oxygen atoms in total. The summed E-state index contributed by atoms with van der Waals surface area (Å²) in [5.41, 5.74) is 3.63. The number of fused-ring (bicyclic) bond motifs is 2. The number of imide groups is 1. The molecule has 252 valence electrons. The summed E-state index contributed by atoms with van der Waals surface area (Å²) >= 11 is 0. The molecule has 13 heteroatoms. The Hall–Kier alpha value is -5.65. The molecule has 6 aromatic rings. The van der Waals surface area contributed by atoms with Crippen LogP contribution in [0, 0.1) is 10.1 Å². The number of aromatic nitrogens is 2. The van der Waals surface area contributed by atoms with Crippen LogP contribution in [0.4, 0.5) is 5.69 Å². The molecule has 0 bridgehead atoms. The third kappa shape index (κ3) is 6.06. The van der Waals surface area contributed by atoms with Crippen LogP contribution in [0.5, 0.6) is 0 Å². The Balaban J connectivity index is 1.25. The van der Waals surface area contributed by atoms with E-state index in [0.29, 0.717) is 33.0 Å². The predicted octanol–water partition coefficient (Wildman–Crippen LogP) is 6.93. The van der Waals surface area contributed by atoms with E-state index in [4.69, 9.17) is 9.05 Å². The lowest BCUT2D eigenvalue weighted by Gasteiger charge is -2.23. The fourth-order valence-electron chi connectivity index (χ4n) is 6.45.